The molecule has 1 rings (SSSR count). The topological polar surface area (TPSA) is 35.6 Å². The van der Waals surface area contributed by atoms with E-state index in [2.05, 4.69) is 33.9 Å². The van der Waals surface area contributed by atoms with E-state index in [9.17, 15) is 4.79 Å². The van der Waals surface area contributed by atoms with Gasteiger partial charge in [-0.1, -0.05) is 12.8 Å². The van der Waals surface area contributed by atoms with Gasteiger partial charge in [0.25, 0.3) is 5.91 Å². The highest BCUT2D eigenvalue weighted by molar-refractivity contribution is 5.93. The zero-order chi connectivity index (χ0) is 11.8. The third kappa shape index (κ3) is 4.65. The van der Waals surface area contributed by atoms with Gasteiger partial charge in [-0.15, -0.1) is 0 Å². The first-order valence-corrected chi connectivity index (χ1v) is 5.91. The Balaban J connectivity index is 2.10. The molecule has 4 heteroatoms. The Kier molecular flexibility index (Phi) is 5.91. The van der Waals surface area contributed by atoms with Gasteiger partial charge in [-0.05, 0) is 19.4 Å². The van der Waals surface area contributed by atoms with E-state index in [1.807, 2.05) is 0 Å². The smallest absolute Gasteiger partial charge is 0.295 e. The van der Waals surface area contributed by atoms with Crippen molar-refractivity contribution in [3.63, 3.8) is 0 Å². The first-order valence-electron chi connectivity index (χ1n) is 5.91. The third-order valence-corrected chi connectivity index (χ3v) is 2.86. The van der Waals surface area contributed by atoms with Crippen molar-refractivity contribution in [3.8, 4) is 11.8 Å². The van der Waals surface area contributed by atoms with Crippen LogP contribution in [-0.4, -0.2) is 61.5 Å². The zero-order valence-corrected chi connectivity index (χ0v) is 10.3. The fraction of sp³-hybridized carbons (Fsp3) is 0.750. The summed E-state index contributed by atoms with van der Waals surface area (Å²) in [5.74, 6) is 4.89. The SMILES string of the molecule is CC#CC(=O)NCCN1CCN(CC)CC1. The summed E-state index contributed by atoms with van der Waals surface area (Å²) in [7, 11) is 0. The van der Waals surface area contributed by atoms with Crippen LogP contribution in [0.5, 0.6) is 0 Å². The van der Waals surface area contributed by atoms with Crippen LogP contribution in [0.3, 0.4) is 0 Å². The Morgan fingerprint density at radius 1 is 1.25 bits per heavy atom. The van der Waals surface area contributed by atoms with Gasteiger partial charge in [-0.3, -0.25) is 9.69 Å². The Labute approximate surface area is 98.0 Å². The molecule has 0 bridgehead atoms. The molecule has 90 valence electrons. The van der Waals surface area contributed by atoms with Crippen LogP contribution in [0.2, 0.25) is 0 Å². The van der Waals surface area contributed by atoms with Crippen LogP contribution in [0.15, 0.2) is 0 Å². The van der Waals surface area contributed by atoms with Crippen molar-refractivity contribution in [3.05, 3.63) is 0 Å². The van der Waals surface area contributed by atoms with Crippen molar-refractivity contribution in [1.29, 1.82) is 0 Å². The predicted molar refractivity (Wildman–Crippen MR) is 65.0 cm³/mol. The number of hydrogen-bond acceptors (Lipinski definition) is 3. The number of carbonyl (C=O) groups is 1. The lowest BCUT2D eigenvalue weighted by molar-refractivity contribution is -0.115. The monoisotopic (exact) mass is 223 g/mol. The normalized spacial score (nSPS) is 17.6. The predicted octanol–water partition coefficient (Wildman–Crippen LogP) is -0.237. The van der Waals surface area contributed by atoms with Crippen molar-refractivity contribution in [2.75, 3.05) is 45.8 Å². The molecule has 0 aromatic heterocycles. The molecule has 1 saturated heterocycles. The second-order valence-electron chi connectivity index (χ2n) is 3.91. The molecule has 0 aromatic carbocycles. The molecule has 4 nitrogen and oxygen atoms in total. The van der Waals surface area contributed by atoms with E-state index in [1.54, 1.807) is 6.92 Å². The summed E-state index contributed by atoms with van der Waals surface area (Å²) in [4.78, 5) is 15.9. The molecule has 0 unspecified atom stereocenters. The number of piperazine rings is 1. The van der Waals surface area contributed by atoms with Crippen LogP contribution in [0.1, 0.15) is 13.8 Å². The Morgan fingerprint density at radius 2 is 1.88 bits per heavy atom. The molecule has 0 saturated carbocycles. The van der Waals surface area contributed by atoms with E-state index in [-0.39, 0.29) is 5.91 Å². The minimum atomic E-state index is -0.172. The summed E-state index contributed by atoms with van der Waals surface area (Å²) in [6, 6.07) is 0. The van der Waals surface area contributed by atoms with Crippen molar-refractivity contribution in [2.24, 2.45) is 0 Å². The summed E-state index contributed by atoms with van der Waals surface area (Å²) >= 11 is 0. The average molecular weight is 223 g/mol. The van der Waals surface area contributed by atoms with E-state index >= 15 is 0 Å². The van der Waals surface area contributed by atoms with Crippen LogP contribution in [0.4, 0.5) is 0 Å². The van der Waals surface area contributed by atoms with Crippen molar-refractivity contribution < 1.29 is 4.79 Å². The van der Waals surface area contributed by atoms with Crippen LogP contribution >= 0.6 is 0 Å². The Bertz CT molecular complexity index is 272. The number of amides is 1. The van der Waals surface area contributed by atoms with E-state index < -0.39 is 0 Å². The van der Waals surface area contributed by atoms with Gasteiger partial charge in [0.1, 0.15) is 0 Å². The molecule has 1 N–H and O–H groups in total. The largest absolute Gasteiger partial charge is 0.344 e. The molecule has 1 fully saturated rings. The maximum absolute atomic E-state index is 11.1. The second kappa shape index (κ2) is 7.26. The fourth-order valence-electron chi connectivity index (χ4n) is 1.81. The molecule has 1 aliphatic rings. The number of hydrogen-bond donors (Lipinski definition) is 1. The number of likely N-dealkylation sites (N-methyl/N-ethyl adjacent to an activating group) is 1. The molecule has 1 aliphatic heterocycles. The molecular weight excluding hydrogens is 202 g/mol. The first-order chi connectivity index (χ1) is 7.76. The molecule has 16 heavy (non-hydrogen) atoms. The zero-order valence-electron chi connectivity index (χ0n) is 10.3. The highest BCUT2D eigenvalue weighted by atomic mass is 16.1. The van der Waals surface area contributed by atoms with E-state index in [0.29, 0.717) is 6.54 Å². The number of carbonyl (C=O) groups excluding carboxylic acids is 1. The van der Waals surface area contributed by atoms with Gasteiger partial charge in [-0.2, -0.15) is 0 Å². The van der Waals surface area contributed by atoms with Gasteiger partial charge in [0.15, 0.2) is 0 Å². The lowest BCUT2D eigenvalue weighted by Gasteiger charge is -2.33. The molecule has 0 atom stereocenters. The Hall–Kier alpha value is -1.05. The van der Waals surface area contributed by atoms with Crippen LogP contribution in [0.25, 0.3) is 0 Å². The first kappa shape index (κ1) is 13.0. The third-order valence-electron chi connectivity index (χ3n) is 2.86. The fourth-order valence-corrected chi connectivity index (χ4v) is 1.81. The van der Waals surface area contributed by atoms with E-state index in [0.717, 1.165) is 39.3 Å². The molecule has 0 spiro atoms. The second-order valence-corrected chi connectivity index (χ2v) is 3.91. The highest BCUT2D eigenvalue weighted by Crippen LogP contribution is 1.99. The summed E-state index contributed by atoms with van der Waals surface area (Å²) in [5.41, 5.74) is 0. The Morgan fingerprint density at radius 3 is 2.44 bits per heavy atom. The minimum Gasteiger partial charge on any atom is -0.344 e. The number of nitrogens with one attached hydrogen (secondary N) is 1. The molecule has 0 aromatic rings. The molecule has 0 radical (unpaired) electrons. The van der Waals surface area contributed by atoms with Gasteiger partial charge in [0, 0.05) is 39.3 Å². The van der Waals surface area contributed by atoms with Crippen LogP contribution in [-0.2, 0) is 4.79 Å². The van der Waals surface area contributed by atoms with Crippen molar-refractivity contribution >= 4 is 5.91 Å². The quantitative estimate of drug-likeness (QED) is 0.668. The summed E-state index contributed by atoms with van der Waals surface area (Å²) in [6.07, 6.45) is 0. The van der Waals surface area contributed by atoms with Crippen LogP contribution < -0.4 is 5.32 Å². The maximum atomic E-state index is 11.1. The van der Waals surface area contributed by atoms with Gasteiger partial charge in [0.2, 0.25) is 0 Å². The van der Waals surface area contributed by atoms with Gasteiger partial charge in [0.05, 0.1) is 0 Å². The lowest BCUT2D eigenvalue weighted by Crippen LogP contribution is -2.48. The van der Waals surface area contributed by atoms with E-state index in [4.69, 9.17) is 0 Å². The maximum Gasteiger partial charge on any atom is 0.295 e. The summed E-state index contributed by atoms with van der Waals surface area (Å²) in [6.45, 7) is 11.1. The van der Waals surface area contributed by atoms with Gasteiger partial charge >= 0.3 is 0 Å². The van der Waals surface area contributed by atoms with Gasteiger partial charge in [-0.25, -0.2) is 0 Å². The molecule has 1 heterocycles. The molecule has 0 aliphatic carbocycles. The minimum absolute atomic E-state index is 0.172. The number of nitrogens with zero attached hydrogens (tertiary/aromatic N) is 2. The van der Waals surface area contributed by atoms with Crippen molar-refractivity contribution in [2.45, 2.75) is 13.8 Å². The van der Waals surface area contributed by atoms with E-state index in [1.165, 1.54) is 0 Å². The van der Waals surface area contributed by atoms with Crippen molar-refractivity contribution in [1.82, 2.24) is 15.1 Å². The molecular formula is C12H21N3O. The summed E-state index contributed by atoms with van der Waals surface area (Å²) in [5, 5.41) is 2.79. The van der Waals surface area contributed by atoms with Gasteiger partial charge < -0.3 is 10.2 Å². The number of rotatable bonds is 4. The highest BCUT2D eigenvalue weighted by Gasteiger charge is 2.14. The van der Waals surface area contributed by atoms with Crippen LogP contribution in [0, 0.1) is 11.8 Å². The average Bonchev–Trinajstić information content (AvgIpc) is 2.30. The summed E-state index contributed by atoms with van der Waals surface area (Å²) < 4.78 is 0. The molecule has 1 amide bonds. The standard InChI is InChI=1S/C12H21N3O/c1-3-5-12(16)13-6-7-15-10-8-14(4-2)9-11-15/h4,6-11H2,1-2H3,(H,13,16). The lowest BCUT2D eigenvalue weighted by atomic mass is 10.3.